The van der Waals surface area contributed by atoms with Crippen LogP contribution in [-0.2, 0) is 13.0 Å². The van der Waals surface area contributed by atoms with E-state index in [9.17, 15) is 4.79 Å². The third kappa shape index (κ3) is 2.52. The van der Waals surface area contributed by atoms with Crippen LogP contribution >= 0.6 is 0 Å². The number of amides is 1. The van der Waals surface area contributed by atoms with Crippen LogP contribution in [0.15, 0.2) is 36.5 Å². The molecule has 0 spiro atoms. The van der Waals surface area contributed by atoms with E-state index in [1.807, 2.05) is 48.7 Å². The second-order valence-electron chi connectivity index (χ2n) is 6.20. The number of fused-ring (bicyclic) bond motifs is 2. The third-order valence-electron chi connectivity index (χ3n) is 4.36. The lowest BCUT2D eigenvalue weighted by Gasteiger charge is -2.08. The predicted molar refractivity (Wildman–Crippen MR) is 91.5 cm³/mol. The van der Waals surface area contributed by atoms with Gasteiger partial charge in [-0.2, -0.15) is 0 Å². The summed E-state index contributed by atoms with van der Waals surface area (Å²) >= 11 is 0. The fourth-order valence-corrected chi connectivity index (χ4v) is 3.16. The molecule has 0 atom stereocenters. The molecule has 0 saturated heterocycles. The molecule has 24 heavy (non-hydrogen) atoms. The van der Waals surface area contributed by atoms with E-state index in [1.165, 1.54) is 5.56 Å². The SMILES string of the molecule is Cc1ccc2nc(C)c(C(=O)NCc3ccc4c(c3)CCO4)n2c1. The number of ether oxygens (including phenoxy) is 1. The Labute approximate surface area is 140 Å². The van der Waals surface area contributed by atoms with Crippen LogP contribution in [0.5, 0.6) is 5.75 Å². The number of carbonyl (C=O) groups is 1. The van der Waals surface area contributed by atoms with Crippen LogP contribution < -0.4 is 10.1 Å². The van der Waals surface area contributed by atoms with Gasteiger partial charge in [0.05, 0.1) is 12.3 Å². The van der Waals surface area contributed by atoms with Crippen molar-refractivity contribution in [2.45, 2.75) is 26.8 Å². The van der Waals surface area contributed by atoms with Gasteiger partial charge >= 0.3 is 0 Å². The molecule has 1 N–H and O–H groups in total. The molecular formula is C19H19N3O2. The lowest BCUT2D eigenvalue weighted by Crippen LogP contribution is -2.25. The maximum absolute atomic E-state index is 12.7. The highest BCUT2D eigenvalue weighted by molar-refractivity contribution is 5.94. The number of hydrogen-bond acceptors (Lipinski definition) is 3. The molecule has 1 aromatic carbocycles. The van der Waals surface area contributed by atoms with Gasteiger partial charge in [-0.1, -0.05) is 18.2 Å². The van der Waals surface area contributed by atoms with E-state index in [0.717, 1.165) is 41.2 Å². The summed E-state index contributed by atoms with van der Waals surface area (Å²) in [6, 6.07) is 10.0. The quantitative estimate of drug-likeness (QED) is 0.807. The van der Waals surface area contributed by atoms with Crippen LogP contribution in [-0.4, -0.2) is 21.9 Å². The number of hydrogen-bond donors (Lipinski definition) is 1. The zero-order chi connectivity index (χ0) is 16.7. The highest BCUT2D eigenvalue weighted by atomic mass is 16.5. The van der Waals surface area contributed by atoms with E-state index in [-0.39, 0.29) is 5.91 Å². The Morgan fingerprint density at radius 3 is 3.04 bits per heavy atom. The number of pyridine rings is 1. The lowest BCUT2D eigenvalue weighted by atomic mass is 10.1. The van der Waals surface area contributed by atoms with Crippen molar-refractivity contribution in [2.24, 2.45) is 0 Å². The topological polar surface area (TPSA) is 55.6 Å². The second kappa shape index (κ2) is 5.67. The molecule has 0 bridgehead atoms. The Bertz CT molecular complexity index is 943. The van der Waals surface area contributed by atoms with Crippen molar-refractivity contribution in [3.8, 4) is 5.75 Å². The molecule has 0 radical (unpaired) electrons. The summed E-state index contributed by atoms with van der Waals surface area (Å²) in [4.78, 5) is 17.1. The van der Waals surface area contributed by atoms with E-state index < -0.39 is 0 Å². The Kier molecular flexibility index (Phi) is 3.49. The number of aromatic nitrogens is 2. The molecule has 4 rings (SSSR count). The molecule has 0 unspecified atom stereocenters. The second-order valence-corrected chi connectivity index (χ2v) is 6.20. The fraction of sp³-hybridized carbons (Fsp3) is 0.263. The van der Waals surface area contributed by atoms with Crippen molar-refractivity contribution in [1.29, 1.82) is 0 Å². The predicted octanol–water partition coefficient (Wildman–Crippen LogP) is 2.82. The molecule has 122 valence electrons. The number of nitrogens with one attached hydrogen (secondary N) is 1. The first-order valence-corrected chi connectivity index (χ1v) is 8.10. The largest absolute Gasteiger partial charge is 0.493 e. The van der Waals surface area contributed by atoms with Gasteiger partial charge in [-0.3, -0.25) is 9.20 Å². The minimum Gasteiger partial charge on any atom is -0.493 e. The molecule has 3 heterocycles. The Hall–Kier alpha value is -2.82. The summed E-state index contributed by atoms with van der Waals surface area (Å²) in [5, 5.41) is 3.00. The molecule has 0 fully saturated rings. The molecule has 3 aromatic rings. The number of carbonyl (C=O) groups excluding carboxylic acids is 1. The first-order valence-electron chi connectivity index (χ1n) is 8.10. The third-order valence-corrected chi connectivity index (χ3v) is 4.36. The summed E-state index contributed by atoms with van der Waals surface area (Å²) in [5.74, 6) is 0.848. The average Bonchev–Trinajstić information content (AvgIpc) is 3.15. The molecule has 5 nitrogen and oxygen atoms in total. The maximum atomic E-state index is 12.7. The summed E-state index contributed by atoms with van der Waals surface area (Å²) in [5.41, 5.74) is 5.50. The van der Waals surface area contributed by atoms with Crippen LogP contribution in [0.4, 0.5) is 0 Å². The number of benzene rings is 1. The summed E-state index contributed by atoms with van der Waals surface area (Å²) in [6.45, 7) is 5.10. The maximum Gasteiger partial charge on any atom is 0.270 e. The molecule has 0 aliphatic carbocycles. The van der Waals surface area contributed by atoms with Crippen molar-refractivity contribution < 1.29 is 9.53 Å². The molecule has 0 saturated carbocycles. The van der Waals surface area contributed by atoms with Gasteiger partial charge in [0, 0.05) is 19.2 Å². The van der Waals surface area contributed by atoms with Gasteiger partial charge in [-0.15, -0.1) is 0 Å². The van der Waals surface area contributed by atoms with Gasteiger partial charge in [0.15, 0.2) is 0 Å². The number of aryl methyl sites for hydroxylation is 2. The number of imidazole rings is 1. The summed E-state index contributed by atoms with van der Waals surface area (Å²) in [6.07, 6.45) is 2.87. The number of nitrogens with zero attached hydrogens (tertiary/aromatic N) is 2. The first kappa shape index (κ1) is 14.8. The highest BCUT2D eigenvalue weighted by Gasteiger charge is 2.17. The van der Waals surface area contributed by atoms with Gasteiger partial charge in [-0.25, -0.2) is 4.98 Å². The fourth-order valence-electron chi connectivity index (χ4n) is 3.16. The Balaban J connectivity index is 1.56. The van der Waals surface area contributed by atoms with Crippen LogP contribution in [0.2, 0.25) is 0 Å². The van der Waals surface area contributed by atoms with Gasteiger partial charge < -0.3 is 10.1 Å². The van der Waals surface area contributed by atoms with Gasteiger partial charge in [0.2, 0.25) is 0 Å². The van der Waals surface area contributed by atoms with Crippen molar-refractivity contribution in [3.63, 3.8) is 0 Å². The van der Waals surface area contributed by atoms with Gasteiger partial charge in [0.25, 0.3) is 5.91 Å². The molecule has 1 aliphatic heterocycles. The minimum atomic E-state index is -0.109. The summed E-state index contributed by atoms with van der Waals surface area (Å²) < 4.78 is 7.37. The monoisotopic (exact) mass is 321 g/mol. The summed E-state index contributed by atoms with van der Waals surface area (Å²) in [7, 11) is 0. The first-order chi connectivity index (χ1) is 11.6. The molecule has 1 amide bonds. The van der Waals surface area contributed by atoms with E-state index in [0.29, 0.717) is 12.2 Å². The van der Waals surface area contributed by atoms with Crippen molar-refractivity contribution in [1.82, 2.24) is 14.7 Å². The molecule has 5 heteroatoms. The lowest BCUT2D eigenvalue weighted by molar-refractivity contribution is 0.0944. The van der Waals surface area contributed by atoms with E-state index >= 15 is 0 Å². The highest BCUT2D eigenvalue weighted by Crippen LogP contribution is 2.25. The van der Waals surface area contributed by atoms with Crippen molar-refractivity contribution in [2.75, 3.05) is 6.61 Å². The van der Waals surface area contributed by atoms with Crippen LogP contribution in [0.1, 0.15) is 32.9 Å². The van der Waals surface area contributed by atoms with E-state index in [2.05, 4.69) is 16.4 Å². The van der Waals surface area contributed by atoms with Crippen molar-refractivity contribution in [3.05, 3.63) is 64.6 Å². The molecule has 2 aromatic heterocycles. The van der Waals surface area contributed by atoms with Crippen LogP contribution in [0.3, 0.4) is 0 Å². The van der Waals surface area contributed by atoms with Gasteiger partial charge in [-0.05, 0) is 42.7 Å². The zero-order valence-corrected chi connectivity index (χ0v) is 13.8. The van der Waals surface area contributed by atoms with E-state index in [4.69, 9.17) is 4.74 Å². The van der Waals surface area contributed by atoms with Crippen LogP contribution in [0, 0.1) is 13.8 Å². The minimum absolute atomic E-state index is 0.109. The standard InChI is InChI=1S/C19H19N3O2/c1-12-3-6-17-21-13(2)18(22(17)11-12)19(23)20-10-14-4-5-16-15(9-14)7-8-24-16/h3-6,9,11H,7-8,10H2,1-2H3,(H,20,23). The average molecular weight is 321 g/mol. The van der Waals surface area contributed by atoms with Crippen molar-refractivity contribution >= 4 is 11.6 Å². The zero-order valence-electron chi connectivity index (χ0n) is 13.8. The van der Waals surface area contributed by atoms with E-state index in [1.54, 1.807) is 0 Å². The number of rotatable bonds is 3. The normalized spacial score (nSPS) is 12.9. The Morgan fingerprint density at radius 2 is 2.17 bits per heavy atom. The smallest absolute Gasteiger partial charge is 0.270 e. The Morgan fingerprint density at radius 1 is 1.29 bits per heavy atom. The molecular weight excluding hydrogens is 302 g/mol. The van der Waals surface area contributed by atoms with Gasteiger partial charge in [0.1, 0.15) is 17.1 Å². The van der Waals surface area contributed by atoms with Crippen LogP contribution in [0.25, 0.3) is 5.65 Å². The molecule has 1 aliphatic rings.